The lowest BCUT2D eigenvalue weighted by Gasteiger charge is -1.95. The van der Waals surface area contributed by atoms with Crippen molar-refractivity contribution in [1.82, 2.24) is 4.98 Å². The van der Waals surface area contributed by atoms with Crippen LogP contribution < -0.4 is 4.74 Å². The van der Waals surface area contributed by atoms with Crippen molar-refractivity contribution >= 4 is 11.3 Å². The number of thiazole rings is 1. The SMILES string of the molecule is CCOc1cnc(-c2ccccc2)s1. The summed E-state index contributed by atoms with van der Waals surface area (Å²) in [5, 5.41) is 1.89. The molecule has 0 saturated carbocycles. The fourth-order valence-electron chi connectivity index (χ4n) is 1.18. The van der Waals surface area contributed by atoms with Gasteiger partial charge in [0.1, 0.15) is 5.01 Å². The molecule has 0 atom stereocenters. The molecule has 0 aliphatic heterocycles. The highest BCUT2D eigenvalue weighted by molar-refractivity contribution is 7.16. The third-order valence-electron chi connectivity index (χ3n) is 1.79. The van der Waals surface area contributed by atoms with Gasteiger partial charge in [0.05, 0.1) is 12.8 Å². The van der Waals surface area contributed by atoms with Crippen LogP contribution in [0.15, 0.2) is 36.5 Å². The Bertz CT molecular complexity index is 397. The van der Waals surface area contributed by atoms with E-state index < -0.39 is 0 Å². The highest BCUT2D eigenvalue weighted by atomic mass is 32.1. The molecule has 0 spiro atoms. The van der Waals surface area contributed by atoms with E-state index in [1.165, 1.54) is 0 Å². The zero-order chi connectivity index (χ0) is 9.80. The van der Waals surface area contributed by atoms with Crippen LogP contribution in [0.1, 0.15) is 6.92 Å². The maximum Gasteiger partial charge on any atom is 0.194 e. The van der Waals surface area contributed by atoms with E-state index in [9.17, 15) is 0 Å². The third-order valence-corrected chi connectivity index (χ3v) is 2.75. The summed E-state index contributed by atoms with van der Waals surface area (Å²) in [5.74, 6) is 0. The van der Waals surface area contributed by atoms with Gasteiger partial charge in [0, 0.05) is 5.56 Å². The van der Waals surface area contributed by atoms with Crippen LogP contribution >= 0.6 is 11.3 Å². The van der Waals surface area contributed by atoms with Crippen molar-refractivity contribution in [2.45, 2.75) is 6.92 Å². The number of benzene rings is 1. The summed E-state index contributed by atoms with van der Waals surface area (Å²) >= 11 is 1.58. The lowest BCUT2D eigenvalue weighted by molar-refractivity contribution is 0.349. The Morgan fingerprint density at radius 3 is 2.79 bits per heavy atom. The fourth-order valence-corrected chi connectivity index (χ4v) is 2.01. The lowest BCUT2D eigenvalue weighted by Crippen LogP contribution is -1.86. The number of hydrogen-bond donors (Lipinski definition) is 0. The molecule has 0 saturated heterocycles. The molecule has 1 heterocycles. The molecule has 2 rings (SSSR count). The Morgan fingerprint density at radius 1 is 1.29 bits per heavy atom. The average Bonchev–Trinajstić information content (AvgIpc) is 2.68. The molecule has 0 unspecified atom stereocenters. The van der Waals surface area contributed by atoms with Crippen molar-refractivity contribution in [1.29, 1.82) is 0 Å². The molecule has 14 heavy (non-hydrogen) atoms. The number of aromatic nitrogens is 1. The Hall–Kier alpha value is -1.35. The molecular formula is C11H11NOS. The van der Waals surface area contributed by atoms with Crippen molar-refractivity contribution in [2.75, 3.05) is 6.61 Å². The highest BCUT2D eigenvalue weighted by Gasteiger charge is 2.03. The first-order valence-corrected chi connectivity index (χ1v) is 5.36. The normalized spacial score (nSPS) is 10.1. The first kappa shape index (κ1) is 9.21. The van der Waals surface area contributed by atoms with E-state index in [0.717, 1.165) is 15.6 Å². The molecule has 0 fully saturated rings. The second-order valence-corrected chi connectivity index (χ2v) is 3.78. The predicted octanol–water partition coefficient (Wildman–Crippen LogP) is 3.21. The summed E-state index contributed by atoms with van der Waals surface area (Å²) in [6.07, 6.45) is 1.77. The van der Waals surface area contributed by atoms with Crippen LogP contribution in [0.25, 0.3) is 10.6 Å². The molecular weight excluding hydrogens is 194 g/mol. The number of hydrogen-bond acceptors (Lipinski definition) is 3. The van der Waals surface area contributed by atoms with Gasteiger partial charge < -0.3 is 4.74 Å². The van der Waals surface area contributed by atoms with E-state index in [-0.39, 0.29) is 0 Å². The van der Waals surface area contributed by atoms with Crippen LogP contribution in [0.4, 0.5) is 0 Å². The standard InChI is InChI=1S/C11H11NOS/c1-2-13-10-8-12-11(14-10)9-6-4-3-5-7-9/h3-8H,2H2,1H3. The molecule has 0 amide bonds. The van der Waals surface area contributed by atoms with Crippen LogP contribution in [0.2, 0.25) is 0 Å². The van der Waals surface area contributed by atoms with Crippen molar-refractivity contribution in [2.24, 2.45) is 0 Å². The van der Waals surface area contributed by atoms with E-state index in [2.05, 4.69) is 17.1 Å². The summed E-state index contributed by atoms with van der Waals surface area (Å²) in [4.78, 5) is 4.30. The zero-order valence-corrected chi connectivity index (χ0v) is 8.75. The predicted molar refractivity (Wildman–Crippen MR) is 58.7 cm³/mol. The summed E-state index contributed by atoms with van der Waals surface area (Å²) in [5.41, 5.74) is 1.14. The molecule has 2 nitrogen and oxygen atoms in total. The first-order chi connectivity index (χ1) is 6.90. The second-order valence-electron chi connectivity index (χ2n) is 2.78. The van der Waals surface area contributed by atoms with Gasteiger partial charge >= 0.3 is 0 Å². The Kier molecular flexibility index (Phi) is 2.79. The summed E-state index contributed by atoms with van der Waals surface area (Å²) < 4.78 is 5.36. The number of rotatable bonds is 3. The molecule has 0 N–H and O–H groups in total. The van der Waals surface area contributed by atoms with Gasteiger partial charge in [-0.15, -0.1) is 0 Å². The van der Waals surface area contributed by atoms with E-state index in [1.807, 2.05) is 25.1 Å². The molecule has 0 bridgehead atoms. The summed E-state index contributed by atoms with van der Waals surface area (Å²) in [6, 6.07) is 10.1. The number of ether oxygens (including phenoxy) is 1. The largest absolute Gasteiger partial charge is 0.483 e. The lowest BCUT2D eigenvalue weighted by atomic mass is 10.2. The van der Waals surface area contributed by atoms with Crippen molar-refractivity contribution in [3.8, 4) is 15.6 Å². The van der Waals surface area contributed by atoms with Gasteiger partial charge in [0.15, 0.2) is 5.06 Å². The van der Waals surface area contributed by atoms with Gasteiger partial charge in [0.25, 0.3) is 0 Å². The monoisotopic (exact) mass is 205 g/mol. The molecule has 72 valence electrons. The summed E-state index contributed by atoms with van der Waals surface area (Å²) in [6.45, 7) is 2.67. The Morgan fingerprint density at radius 2 is 2.07 bits per heavy atom. The molecule has 0 aliphatic carbocycles. The highest BCUT2D eigenvalue weighted by Crippen LogP contribution is 2.29. The fraction of sp³-hybridized carbons (Fsp3) is 0.182. The zero-order valence-electron chi connectivity index (χ0n) is 7.93. The van der Waals surface area contributed by atoms with E-state index in [1.54, 1.807) is 17.5 Å². The van der Waals surface area contributed by atoms with Crippen molar-refractivity contribution in [3.63, 3.8) is 0 Å². The van der Waals surface area contributed by atoms with Crippen LogP contribution in [-0.4, -0.2) is 11.6 Å². The topological polar surface area (TPSA) is 22.1 Å². The van der Waals surface area contributed by atoms with E-state index in [0.29, 0.717) is 6.61 Å². The van der Waals surface area contributed by atoms with Gasteiger partial charge in [-0.3, -0.25) is 0 Å². The Balaban J connectivity index is 2.25. The molecule has 3 heteroatoms. The van der Waals surface area contributed by atoms with Crippen molar-refractivity contribution < 1.29 is 4.74 Å². The van der Waals surface area contributed by atoms with Crippen LogP contribution in [0, 0.1) is 0 Å². The van der Waals surface area contributed by atoms with Gasteiger partial charge in [-0.2, -0.15) is 0 Å². The molecule has 0 radical (unpaired) electrons. The Labute approximate surface area is 87.2 Å². The molecule has 1 aromatic heterocycles. The van der Waals surface area contributed by atoms with Gasteiger partial charge in [0.2, 0.25) is 0 Å². The molecule has 2 aromatic rings. The second kappa shape index (κ2) is 4.24. The van der Waals surface area contributed by atoms with Gasteiger partial charge in [-0.1, -0.05) is 41.7 Å². The first-order valence-electron chi connectivity index (χ1n) is 4.54. The maximum atomic E-state index is 5.36. The number of nitrogens with zero attached hydrogens (tertiary/aromatic N) is 1. The molecule has 0 aliphatic rings. The van der Waals surface area contributed by atoms with Gasteiger partial charge in [-0.25, -0.2) is 4.98 Å². The van der Waals surface area contributed by atoms with Crippen molar-refractivity contribution in [3.05, 3.63) is 36.5 Å². The smallest absolute Gasteiger partial charge is 0.194 e. The van der Waals surface area contributed by atoms with E-state index in [4.69, 9.17) is 4.74 Å². The summed E-state index contributed by atoms with van der Waals surface area (Å²) in [7, 11) is 0. The molecule has 1 aromatic carbocycles. The quantitative estimate of drug-likeness (QED) is 0.767. The maximum absolute atomic E-state index is 5.36. The minimum absolute atomic E-state index is 0.691. The minimum atomic E-state index is 0.691. The minimum Gasteiger partial charge on any atom is -0.483 e. The van der Waals surface area contributed by atoms with E-state index >= 15 is 0 Å². The van der Waals surface area contributed by atoms with Crippen LogP contribution in [0.5, 0.6) is 5.06 Å². The third kappa shape index (κ3) is 1.93. The van der Waals surface area contributed by atoms with Crippen LogP contribution in [-0.2, 0) is 0 Å². The van der Waals surface area contributed by atoms with Gasteiger partial charge in [-0.05, 0) is 6.92 Å². The van der Waals surface area contributed by atoms with Crippen LogP contribution in [0.3, 0.4) is 0 Å². The average molecular weight is 205 g/mol.